The number of hydrogen-bond donors (Lipinski definition) is 1. The number of aromatic nitrogens is 2. The standard InChI is InChI=1S/C7H8N2O/c10-7-2-1-5-9-6-3-4-8-9/h3-4,6,10H,5,7H2. The molecule has 0 radical (unpaired) electrons. The van der Waals surface area contributed by atoms with E-state index in [9.17, 15) is 0 Å². The molecular formula is C7H8N2O. The second-order valence-corrected chi connectivity index (χ2v) is 1.72. The van der Waals surface area contributed by atoms with E-state index in [1.54, 1.807) is 10.9 Å². The van der Waals surface area contributed by atoms with Crippen molar-refractivity contribution in [3.05, 3.63) is 18.5 Å². The van der Waals surface area contributed by atoms with Gasteiger partial charge >= 0.3 is 0 Å². The Morgan fingerprint density at radius 2 is 2.40 bits per heavy atom. The molecule has 1 heterocycles. The smallest absolute Gasteiger partial charge is 0.104 e. The Morgan fingerprint density at radius 3 is 3.00 bits per heavy atom. The molecule has 0 aliphatic rings. The van der Waals surface area contributed by atoms with Crippen molar-refractivity contribution in [3.63, 3.8) is 0 Å². The zero-order valence-electron chi connectivity index (χ0n) is 5.49. The van der Waals surface area contributed by atoms with Crippen LogP contribution in [0.25, 0.3) is 0 Å². The quantitative estimate of drug-likeness (QED) is 0.546. The van der Waals surface area contributed by atoms with E-state index in [0.717, 1.165) is 0 Å². The summed E-state index contributed by atoms with van der Waals surface area (Å²) >= 11 is 0. The minimum Gasteiger partial charge on any atom is -0.384 e. The average Bonchev–Trinajstić information content (AvgIpc) is 2.41. The molecule has 0 saturated heterocycles. The molecule has 3 heteroatoms. The van der Waals surface area contributed by atoms with Crippen LogP contribution in [0.2, 0.25) is 0 Å². The third-order valence-electron chi connectivity index (χ3n) is 1.00. The van der Waals surface area contributed by atoms with Crippen LogP contribution < -0.4 is 0 Å². The van der Waals surface area contributed by atoms with E-state index >= 15 is 0 Å². The molecule has 1 aromatic heterocycles. The minimum atomic E-state index is -0.0821. The largest absolute Gasteiger partial charge is 0.384 e. The summed E-state index contributed by atoms with van der Waals surface area (Å²) in [5.41, 5.74) is 0. The average molecular weight is 136 g/mol. The number of aliphatic hydroxyl groups is 1. The summed E-state index contributed by atoms with van der Waals surface area (Å²) in [6, 6.07) is 1.83. The maximum Gasteiger partial charge on any atom is 0.104 e. The first-order valence-corrected chi connectivity index (χ1v) is 2.97. The summed E-state index contributed by atoms with van der Waals surface area (Å²) < 4.78 is 1.70. The summed E-state index contributed by atoms with van der Waals surface area (Å²) in [5, 5.41) is 12.2. The van der Waals surface area contributed by atoms with Crippen LogP contribution in [0.3, 0.4) is 0 Å². The Kier molecular flexibility index (Phi) is 2.53. The number of rotatable bonds is 1. The predicted molar refractivity (Wildman–Crippen MR) is 37.1 cm³/mol. The summed E-state index contributed by atoms with van der Waals surface area (Å²) in [4.78, 5) is 0. The van der Waals surface area contributed by atoms with E-state index in [4.69, 9.17) is 5.11 Å². The molecule has 0 aliphatic carbocycles. The molecule has 10 heavy (non-hydrogen) atoms. The van der Waals surface area contributed by atoms with Gasteiger partial charge in [0.1, 0.15) is 13.2 Å². The lowest BCUT2D eigenvalue weighted by molar-refractivity contribution is 0.350. The maximum absolute atomic E-state index is 8.29. The molecule has 0 atom stereocenters. The first-order chi connectivity index (χ1) is 4.93. The van der Waals surface area contributed by atoms with Crippen molar-refractivity contribution in [1.29, 1.82) is 0 Å². The Bertz CT molecular complexity index is 230. The van der Waals surface area contributed by atoms with Crippen molar-refractivity contribution in [1.82, 2.24) is 9.78 Å². The Hall–Kier alpha value is -1.27. The van der Waals surface area contributed by atoms with Gasteiger partial charge < -0.3 is 5.11 Å². The summed E-state index contributed by atoms with van der Waals surface area (Å²) in [5.74, 6) is 5.27. The van der Waals surface area contributed by atoms with Gasteiger partial charge in [-0.25, -0.2) is 0 Å². The fourth-order valence-corrected chi connectivity index (χ4v) is 0.587. The first-order valence-electron chi connectivity index (χ1n) is 2.97. The number of aliphatic hydroxyl groups excluding tert-OH is 1. The maximum atomic E-state index is 8.29. The van der Waals surface area contributed by atoms with Crippen molar-refractivity contribution in [2.24, 2.45) is 0 Å². The molecule has 1 rings (SSSR count). The highest BCUT2D eigenvalue weighted by Crippen LogP contribution is 1.81. The van der Waals surface area contributed by atoms with E-state index in [2.05, 4.69) is 16.9 Å². The fraction of sp³-hybridized carbons (Fsp3) is 0.286. The van der Waals surface area contributed by atoms with Gasteiger partial charge in [-0.1, -0.05) is 11.8 Å². The monoisotopic (exact) mass is 136 g/mol. The van der Waals surface area contributed by atoms with Crippen molar-refractivity contribution in [2.45, 2.75) is 6.54 Å². The van der Waals surface area contributed by atoms with Gasteiger partial charge in [-0.2, -0.15) is 5.10 Å². The molecule has 1 N–H and O–H groups in total. The summed E-state index contributed by atoms with van der Waals surface area (Å²) in [6.45, 7) is 0.467. The molecule has 52 valence electrons. The minimum absolute atomic E-state index is 0.0821. The Balaban J connectivity index is 2.41. The van der Waals surface area contributed by atoms with Gasteiger partial charge in [-0.3, -0.25) is 4.68 Å². The summed E-state index contributed by atoms with van der Waals surface area (Å²) in [6.07, 6.45) is 3.52. The zero-order chi connectivity index (χ0) is 7.23. The lowest BCUT2D eigenvalue weighted by Gasteiger charge is -1.88. The molecular weight excluding hydrogens is 128 g/mol. The molecule has 0 spiro atoms. The normalized spacial score (nSPS) is 8.50. The lowest BCUT2D eigenvalue weighted by atomic mass is 10.6. The van der Waals surface area contributed by atoms with E-state index in [1.165, 1.54) is 0 Å². The van der Waals surface area contributed by atoms with Crippen LogP contribution in [0.1, 0.15) is 0 Å². The molecule has 0 fully saturated rings. The first kappa shape index (κ1) is 6.84. The highest BCUT2D eigenvalue weighted by Gasteiger charge is 1.81. The highest BCUT2D eigenvalue weighted by molar-refractivity contribution is 4.98. The van der Waals surface area contributed by atoms with Crippen LogP contribution in [0.15, 0.2) is 18.5 Å². The third-order valence-corrected chi connectivity index (χ3v) is 1.00. The molecule has 0 aliphatic heterocycles. The van der Waals surface area contributed by atoms with Gasteiger partial charge in [0.2, 0.25) is 0 Å². The zero-order valence-corrected chi connectivity index (χ0v) is 5.49. The van der Waals surface area contributed by atoms with E-state index in [-0.39, 0.29) is 6.61 Å². The van der Waals surface area contributed by atoms with Crippen molar-refractivity contribution in [3.8, 4) is 11.8 Å². The van der Waals surface area contributed by atoms with Gasteiger partial charge in [0.15, 0.2) is 0 Å². The van der Waals surface area contributed by atoms with Crippen LogP contribution in [-0.4, -0.2) is 21.5 Å². The van der Waals surface area contributed by atoms with Crippen LogP contribution in [-0.2, 0) is 6.54 Å². The van der Waals surface area contributed by atoms with Crippen LogP contribution in [0, 0.1) is 11.8 Å². The third kappa shape index (κ3) is 1.92. The van der Waals surface area contributed by atoms with Crippen molar-refractivity contribution in [2.75, 3.05) is 6.61 Å². The predicted octanol–water partition coefficient (Wildman–Crippen LogP) is -0.121. The molecule has 0 aromatic carbocycles. The van der Waals surface area contributed by atoms with E-state index < -0.39 is 0 Å². The molecule has 0 bridgehead atoms. The fourth-order valence-electron chi connectivity index (χ4n) is 0.587. The molecule has 0 amide bonds. The second kappa shape index (κ2) is 3.70. The van der Waals surface area contributed by atoms with Gasteiger partial charge in [0.05, 0.1) is 0 Å². The molecule has 3 nitrogen and oxygen atoms in total. The SMILES string of the molecule is OCC#CCn1cccn1. The molecule has 1 aromatic rings. The molecule has 0 unspecified atom stereocenters. The highest BCUT2D eigenvalue weighted by atomic mass is 16.2. The number of nitrogens with zero attached hydrogens (tertiary/aromatic N) is 2. The van der Waals surface area contributed by atoms with E-state index in [0.29, 0.717) is 6.54 Å². The Morgan fingerprint density at radius 1 is 1.50 bits per heavy atom. The van der Waals surface area contributed by atoms with Crippen LogP contribution in [0.5, 0.6) is 0 Å². The topological polar surface area (TPSA) is 38.0 Å². The number of hydrogen-bond acceptors (Lipinski definition) is 2. The van der Waals surface area contributed by atoms with Gasteiger partial charge in [-0.05, 0) is 6.07 Å². The van der Waals surface area contributed by atoms with Gasteiger partial charge in [0, 0.05) is 12.4 Å². The van der Waals surface area contributed by atoms with Gasteiger partial charge in [0.25, 0.3) is 0 Å². The van der Waals surface area contributed by atoms with Gasteiger partial charge in [-0.15, -0.1) is 0 Å². The summed E-state index contributed by atoms with van der Waals surface area (Å²) in [7, 11) is 0. The Labute approximate surface area is 59.3 Å². The van der Waals surface area contributed by atoms with Crippen LogP contribution in [0.4, 0.5) is 0 Å². The van der Waals surface area contributed by atoms with Crippen LogP contribution >= 0.6 is 0 Å². The molecule has 0 saturated carbocycles. The lowest BCUT2D eigenvalue weighted by Crippen LogP contribution is -1.94. The van der Waals surface area contributed by atoms with E-state index in [1.807, 2.05) is 12.3 Å². The van der Waals surface area contributed by atoms with Crippen molar-refractivity contribution < 1.29 is 5.11 Å². The van der Waals surface area contributed by atoms with Crippen molar-refractivity contribution >= 4 is 0 Å². The second-order valence-electron chi connectivity index (χ2n) is 1.72.